The minimum Gasteiger partial charge on any atom is -0.496 e. The zero-order chi connectivity index (χ0) is 28.6. The molecule has 2 aromatic carbocycles. The molecule has 0 atom stereocenters. The summed E-state index contributed by atoms with van der Waals surface area (Å²) in [5.74, 6) is -2.75. The number of primary amides is 1. The maximum absolute atomic E-state index is 14.0. The molecule has 2 aromatic heterocycles. The molecule has 9 nitrogen and oxygen atoms in total. The van der Waals surface area contributed by atoms with Crippen molar-refractivity contribution in [2.24, 2.45) is 5.73 Å². The highest BCUT2D eigenvalue weighted by Crippen LogP contribution is 2.37. The standard InChI is InChI=1S/C25H17ClF4N6O3/c1-11-21(22(25(28,29)30)35-36(11)10-13-4-3-12(9-31)5-20(13)39-2)34-24(38)15-7-19(23(32)37)33-18-8-17(27)16(26)6-14(15)18/h3-8H,10H2,1-2H3,(H2,32,37)(H,34,38). The lowest BCUT2D eigenvalue weighted by atomic mass is 10.1. The molecule has 2 heterocycles. The van der Waals surface area contributed by atoms with Crippen molar-refractivity contribution >= 4 is 40.0 Å². The van der Waals surface area contributed by atoms with Gasteiger partial charge in [0.2, 0.25) is 0 Å². The number of carbonyl (C=O) groups excluding carboxylic acids is 2. The van der Waals surface area contributed by atoms with Gasteiger partial charge in [-0.25, -0.2) is 9.37 Å². The number of nitrogens with two attached hydrogens (primary N) is 1. The zero-order valence-corrected chi connectivity index (χ0v) is 20.9. The van der Waals surface area contributed by atoms with Gasteiger partial charge in [-0.3, -0.25) is 14.3 Å². The fourth-order valence-electron chi connectivity index (χ4n) is 3.87. The average molecular weight is 561 g/mol. The summed E-state index contributed by atoms with van der Waals surface area (Å²) in [6.07, 6.45) is -4.96. The topological polar surface area (TPSA) is 136 Å². The van der Waals surface area contributed by atoms with E-state index < -0.39 is 40.9 Å². The van der Waals surface area contributed by atoms with Crippen LogP contribution in [0.15, 0.2) is 36.4 Å². The maximum atomic E-state index is 14.0. The molecule has 4 rings (SSSR count). The molecule has 39 heavy (non-hydrogen) atoms. The third kappa shape index (κ3) is 5.32. The molecule has 14 heteroatoms. The van der Waals surface area contributed by atoms with Crippen molar-refractivity contribution < 1.29 is 31.9 Å². The van der Waals surface area contributed by atoms with Crippen LogP contribution in [0.4, 0.5) is 23.2 Å². The third-order valence-corrected chi connectivity index (χ3v) is 6.09. The number of hydrogen-bond acceptors (Lipinski definition) is 6. The van der Waals surface area contributed by atoms with Crippen LogP contribution in [0.3, 0.4) is 0 Å². The van der Waals surface area contributed by atoms with Gasteiger partial charge in [0.05, 0.1) is 52.8 Å². The quantitative estimate of drug-likeness (QED) is 0.324. The van der Waals surface area contributed by atoms with E-state index in [1.165, 1.54) is 32.2 Å². The number of halogens is 5. The van der Waals surface area contributed by atoms with Crippen LogP contribution in [0.25, 0.3) is 10.9 Å². The number of methoxy groups -OCH3 is 1. The van der Waals surface area contributed by atoms with E-state index in [4.69, 9.17) is 27.3 Å². The Labute approximate surface area is 222 Å². The van der Waals surface area contributed by atoms with Gasteiger partial charge in [-0.2, -0.15) is 23.5 Å². The number of pyridine rings is 1. The normalized spacial score (nSPS) is 11.3. The molecule has 0 bridgehead atoms. The molecule has 3 N–H and O–H groups in total. The minimum atomic E-state index is -4.96. The number of rotatable bonds is 6. The molecule has 2 amide bonds. The Kier molecular flexibility index (Phi) is 7.16. The van der Waals surface area contributed by atoms with Gasteiger partial charge in [-0.05, 0) is 31.2 Å². The smallest absolute Gasteiger partial charge is 0.437 e. The molecular weight excluding hydrogens is 544 g/mol. The van der Waals surface area contributed by atoms with Crippen molar-refractivity contribution in [2.45, 2.75) is 19.6 Å². The lowest BCUT2D eigenvalue weighted by molar-refractivity contribution is -0.140. The molecule has 0 radical (unpaired) electrons. The number of alkyl halides is 3. The Bertz CT molecular complexity index is 1690. The number of anilines is 1. The third-order valence-electron chi connectivity index (χ3n) is 5.80. The second-order valence-electron chi connectivity index (χ2n) is 8.26. The van der Waals surface area contributed by atoms with Gasteiger partial charge in [0, 0.05) is 17.0 Å². The first kappa shape index (κ1) is 27.3. The molecule has 0 saturated heterocycles. The van der Waals surface area contributed by atoms with Crippen molar-refractivity contribution in [3.05, 3.63) is 81.0 Å². The summed E-state index contributed by atoms with van der Waals surface area (Å²) in [4.78, 5) is 28.9. The summed E-state index contributed by atoms with van der Waals surface area (Å²) in [6.45, 7) is 1.14. The second-order valence-corrected chi connectivity index (χ2v) is 8.67. The number of ether oxygens (including phenoxy) is 1. The molecule has 0 aliphatic carbocycles. The monoisotopic (exact) mass is 560 g/mol. The van der Waals surface area contributed by atoms with E-state index in [2.05, 4.69) is 15.4 Å². The summed E-state index contributed by atoms with van der Waals surface area (Å²) >= 11 is 5.84. The number of hydrogen-bond donors (Lipinski definition) is 2. The van der Waals surface area contributed by atoms with E-state index in [-0.39, 0.29) is 45.0 Å². The minimum absolute atomic E-state index is 0.0233. The van der Waals surface area contributed by atoms with Crippen molar-refractivity contribution in [1.82, 2.24) is 14.8 Å². The van der Waals surface area contributed by atoms with Crippen LogP contribution in [0.5, 0.6) is 5.75 Å². The van der Waals surface area contributed by atoms with Crippen LogP contribution in [-0.4, -0.2) is 33.7 Å². The van der Waals surface area contributed by atoms with Gasteiger partial charge in [0.25, 0.3) is 11.8 Å². The Morgan fingerprint density at radius 2 is 1.95 bits per heavy atom. The number of carbonyl (C=O) groups is 2. The SMILES string of the molecule is COc1cc(C#N)ccc1Cn1nc(C(F)(F)F)c(NC(=O)c2cc(C(N)=O)nc3cc(F)c(Cl)cc23)c1C. The van der Waals surface area contributed by atoms with Crippen molar-refractivity contribution in [3.63, 3.8) is 0 Å². The Balaban J connectivity index is 1.81. The number of aromatic nitrogens is 3. The molecule has 0 aliphatic rings. The highest BCUT2D eigenvalue weighted by atomic mass is 35.5. The van der Waals surface area contributed by atoms with Gasteiger partial charge in [0.1, 0.15) is 17.3 Å². The van der Waals surface area contributed by atoms with Crippen molar-refractivity contribution in [2.75, 3.05) is 12.4 Å². The first-order chi connectivity index (χ1) is 18.3. The average Bonchev–Trinajstić information content (AvgIpc) is 3.19. The van der Waals surface area contributed by atoms with Gasteiger partial charge in [-0.15, -0.1) is 0 Å². The highest BCUT2D eigenvalue weighted by molar-refractivity contribution is 6.31. The van der Waals surface area contributed by atoms with Crippen LogP contribution in [0.1, 0.15) is 43.4 Å². The lowest BCUT2D eigenvalue weighted by Crippen LogP contribution is -2.19. The fourth-order valence-corrected chi connectivity index (χ4v) is 4.03. The number of nitrogens with one attached hydrogen (secondary N) is 1. The van der Waals surface area contributed by atoms with Crippen LogP contribution < -0.4 is 15.8 Å². The fraction of sp³-hybridized carbons (Fsp3) is 0.160. The molecule has 4 aromatic rings. The van der Waals surface area contributed by atoms with E-state index in [9.17, 15) is 27.2 Å². The van der Waals surface area contributed by atoms with E-state index in [0.29, 0.717) is 5.56 Å². The Hall–Kier alpha value is -4.70. The lowest BCUT2D eigenvalue weighted by Gasteiger charge is -2.12. The Morgan fingerprint density at radius 3 is 2.56 bits per heavy atom. The van der Waals surface area contributed by atoms with Crippen LogP contribution in [0, 0.1) is 24.1 Å². The molecule has 0 fully saturated rings. The Morgan fingerprint density at radius 1 is 1.23 bits per heavy atom. The first-order valence-electron chi connectivity index (χ1n) is 11.0. The summed E-state index contributed by atoms with van der Waals surface area (Å²) in [6, 6.07) is 9.28. The van der Waals surface area contributed by atoms with E-state index in [1.54, 1.807) is 0 Å². The summed E-state index contributed by atoms with van der Waals surface area (Å²) in [7, 11) is 1.35. The van der Waals surface area contributed by atoms with Crippen molar-refractivity contribution in [1.29, 1.82) is 5.26 Å². The summed E-state index contributed by atoms with van der Waals surface area (Å²) < 4.78 is 62.2. The highest BCUT2D eigenvalue weighted by Gasteiger charge is 2.39. The van der Waals surface area contributed by atoms with Gasteiger partial charge >= 0.3 is 6.18 Å². The van der Waals surface area contributed by atoms with Gasteiger partial charge in [-0.1, -0.05) is 17.7 Å². The van der Waals surface area contributed by atoms with E-state index in [0.717, 1.165) is 22.9 Å². The van der Waals surface area contributed by atoms with Gasteiger partial charge < -0.3 is 15.8 Å². The predicted octanol–water partition coefficient (Wildman–Crippen LogP) is 4.83. The summed E-state index contributed by atoms with van der Waals surface area (Å²) in [5.41, 5.74) is 3.03. The predicted molar refractivity (Wildman–Crippen MR) is 132 cm³/mol. The number of nitriles is 1. The number of benzene rings is 2. The largest absolute Gasteiger partial charge is 0.496 e. The van der Waals surface area contributed by atoms with E-state index in [1.807, 2.05) is 6.07 Å². The van der Waals surface area contributed by atoms with Crippen LogP contribution in [0.2, 0.25) is 5.02 Å². The molecule has 0 saturated carbocycles. The summed E-state index contributed by atoms with van der Waals surface area (Å²) in [5, 5.41) is 14.6. The second kappa shape index (κ2) is 10.2. The molecule has 0 aliphatic heterocycles. The van der Waals surface area contributed by atoms with Crippen molar-refractivity contribution in [3.8, 4) is 11.8 Å². The zero-order valence-electron chi connectivity index (χ0n) is 20.2. The van der Waals surface area contributed by atoms with Crippen LogP contribution in [-0.2, 0) is 12.7 Å². The number of fused-ring (bicyclic) bond motifs is 1. The van der Waals surface area contributed by atoms with Gasteiger partial charge in [0.15, 0.2) is 5.69 Å². The number of amides is 2. The molecule has 0 unspecified atom stereocenters. The number of nitrogens with zero attached hydrogens (tertiary/aromatic N) is 4. The molecule has 200 valence electrons. The maximum Gasteiger partial charge on any atom is 0.437 e. The van der Waals surface area contributed by atoms with E-state index >= 15 is 0 Å². The molecular formula is C25H17ClF4N6O3. The molecule has 0 spiro atoms. The first-order valence-corrected chi connectivity index (χ1v) is 11.3. The van der Waals surface area contributed by atoms with Crippen LogP contribution >= 0.6 is 11.6 Å².